The topological polar surface area (TPSA) is 110 Å². The molecule has 0 spiro atoms. The van der Waals surface area contributed by atoms with Gasteiger partial charge < -0.3 is 19.7 Å². The molecule has 0 radical (unpaired) electrons. The van der Waals surface area contributed by atoms with E-state index in [1.54, 1.807) is 16.8 Å². The van der Waals surface area contributed by atoms with Crippen LogP contribution in [-0.4, -0.2) is 44.3 Å². The van der Waals surface area contributed by atoms with E-state index in [0.29, 0.717) is 22.6 Å². The highest BCUT2D eigenvalue weighted by atomic mass is 16.5. The van der Waals surface area contributed by atoms with Crippen LogP contribution in [-0.2, 0) is 4.74 Å². The molecule has 0 aromatic carbocycles. The molecule has 4 heterocycles. The summed E-state index contributed by atoms with van der Waals surface area (Å²) < 4.78 is 7.35. The van der Waals surface area contributed by atoms with Crippen molar-refractivity contribution in [2.75, 3.05) is 11.9 Å². The molecule has 2 aromatic heterocycles. The zero-order chi connectivity index (χ0) is 16.1. The Kier molecular flexibility index (Phi) is 2.90. The SMILES string of the molecule is C=C1C(=[OH+])[C@@H](CO)OC1n1cc2ccc(=O)nc3c2c1N=CN3. The van der Waals surface area contributed by atoms with Crippen molar-refractivity contribution in [3.05, 3.63) is 40.8 Å². The van der Waals surface area contributed by atoms with Crippen molar-refractivity contribution in [3.63, 3.8) is 0 Å². The third-order valence-corrected chi connectivity index (χ3v) is 3.93. The van der Waals surface area contributed by atoms with Gasteiger partial charge in [-0.3, -0.25) is 9.59 Å². The Labute approximate surface area is 129 Å². The van der Waals surface area contributed by atoms with Crippen molar-refractivity contribution >= 4 is 34.5 Å². The van der Waals surface area contributed by atoms with Gasteiger partial charge in [0, 0.05) is 17.6 Å². The van der Waals surface area contributed by atoms with Crippen molar-refractivity contribution in [2.24, 2.45) is 4.99 Å². The molecule has 2 atom stereocenters. The Balaban J connectivity index is 1.94. The fourth-order valence-electron chi connectivity index (χ4n) is 2.83. The highest BCUT2D eigenvalue weighted by Gasteiger charge is 2.44. The van der Waals surface area contributed by atoms with Crippen LogP contribution in [0.4, 0.5) is 11.6 Å². The first kappa shape index (κ1) is 13.8. The molecule has 2 aliphatic rings. The molecule has 4 rings (SSSR count). The van der Waals surface area contributed by atoms with E-state index in [2.05, 4.69) is 21.9 Å². The van der Waals surface area contributed by atoms with E-state index in [1.807, 2.05) is 0 Å². The first-order chi connectivity index (χ1) is 11.1. The maximum absolute atomic E-state index is 11.6. The molecule has 116 valence electrons. The summed E-state index contributed by atoms with van der Waals surface area (Å²) in [6.45, 7) is 3.48. The van der Waals surface area contributed by atoms with E-state index in [1.165, 1.54) is 12.4 Å². The number of ether oxygens (including phenoxy) is 1. The lowest BCUT2D eigenvalue weighted by molar-refractivity contribution is 0.000799. The number of hydrogen-bond donors (Lipinski definition) is 2. The fraction of sp³-hybridized carbons (Fsp3) is 0.200. The van der Waals surface area contributed by atoms with E-state index in [0.717, 1.165) is 5.39 Å². The summed E-state index contributed by atoms with van der Waals surface area (Å²) in [6, 6.07) is 3.03. The van der Waals surface area contributed by atoms with Crippen molar-refractivity contribution in [3.8, 4) is 0 Å². The van der Waals surface area contributed by atoms with Crippen LogP contribution in [0.25, 0.3) is 10.8 Å². The lowest BCUT2D eigenvalue weighted by Crippen LogP contribution is -2.20. The highest BCUT2D eigenvalue weighted by molar-refractivity contribution is 6.07. The minimum Gasteiger partial charge on any atom is -0.393 e. The second-order valence-electron chi connectivity index (χ2n) is 5.29. The lowest BCUT2D eigenvalue weighted by atomic mass is 10.1. The van der Waals surface area contributed by atoms with Gasteiger partial charge >= 0.3 is 5.78 Å². The number of nitrogens with zero attached hydrogens (tertiary/aromatic N) is 3. The third-order valence-electron chi connectivity index (χ3n) is 3.93. The van der Waals surface area contributed by atoms with E-state index >= 15 is 0 Å². The van der Waals surface area contributed by atoms with Crippen molar-refractivity contribution in [1.29, 1.82) is 0 Å². The molecule has 0 aliphatic carbocycles. The Morgan fingerprint density at radius 3 is 3.04 bits per heavy atom. The average molecular weight is 313 g/mol. The van der Waals surface area contributed by atoms with Gasteiger partial charge in [0.05, 0.1) is 23.9 Å². The maximum atomic E-state index is 11.6. The molecule has 3 N–H and O–H groups in total. The van der Waals surface area contributed by atoms with Crippen LogP contribution in [0, 0.1) is 0 Å². The van der Waals surface area contributed by atoms with Crippen LogP contribution in [0.1, 0.15) is 6.23 Å². The van der Waals surface area contributed by atoms with Crippen molar-refractivity contribution in [2.45, 2.75) is 12.3 Å². The normalized spacial score (nSPS) is 22.7. The van der Waals surface area contributed by atoms with Crippen LogP contribution < -0.4 is 10.9 Å². The molecular formula is C15H13N4O4+. The van der Waals surface area contributed by atoms with Gasteiger partial charge in [-0.25, -0.2) is 4.99 Å². The van der Waals surface area contributed by atoms with Gasteiger partial charge in [0.2, 0.25) is 0 Å². The number of ketones is 1. The first-order valence-corrected chi connectivity index (χ1v) is 6.96. The molecule has 1 fully saturated rings. The van der Waals surface area contributed by atoms with Gasteiger partial charge in [-0.1, -0.05) is 6.58 Å². The molecule has 2 aliphatic heterocycles. The quantitative estimate of drug-likeness (QED) is 0.618. The molecule has 0 amide bonds. The molecule has 8 nitrogen and oxygen atoms in total. The minimum atomic E-state index is -0.808. The van der Waals surface area contributed by atoms with Gasteiger partial charge in [-0.05, 0) is 6.07 Å². The zero-order valence-electron chi connectivity index (χ0n) is 11.9. The second-order valence-corrected chi connectivity index (χ2v) is 5.29. The van der Waals surface area contributed by atoms with Crippen molar-refractivity contribution in [1.82, 2.24) is 9.55 Å². The molecule has 0 bridgehead atoms. The summed E-state index contributed by atoms with van der Waals surface area (Å²) in [5, 5.41) is 13.5. The highest BCUT2D eigenvalue weighted by Crippen LogP contribution is 2.40. The monoisotopic (exact) mass is 313 g/mol. The number of anilines is 1. The fourth-order valence-corrected chi connectivity index (χ4v) is 2.83. The Hall–Kier alpha value is -2.84. The smallest absolute Gasteiger partial charge is 0.354 e. The summed E-state index contributed by atoms with van der Waals surface area (Å²) in [7, 11) is 0. The van der Waals surface area contributed by atoms with E-state index in [9.17, 15) is 14.7 Å². The average Bonchev–Trinajstić information content (AvgIpc) is 2.99. The first-order valence-electron chi connectivity index (χ1n) is 6.96. The van der Waals surface area contributed by atoms with Gasteiger partial charge in [0.15, 0.2) is 12.3 Å². The van der Waals surface area contributed by atoms with Crippen LogP contribution in [0.15, 0.2) is 40.3 Å². The van der Waals surface area contributed by atoms with Gasteiger partial charge in [-0.15, -0.1) is 0 Å². The number of aliphatic hydroxyl groups is 1. The number of aliphatic imine (C=N–C) groups is 1. The van der Waals surface area contributed by atoms with Crippen molar-refractivity contribution < 1.29 is 14.6 Å². The number of hydrogen-bond acceptors (Lipinski definition) is 6. The molecule has 0 saturated carbocycles. The maximum Gasteiger partial charge on any atom is 0.354 e. The van der Waals surface area contributed by atoms with Crippen LogP contribution >= 0.6 is 0 Å². The van der Waals surface area contributed by atoms with Crippen LogP contribution in [0.2, 0.25) is 0 Å². The number of nitrogens with one attached hydrogen (secondary N) is 1. The molecule has 1 saturated heterocycles. The number of carbonyl (C=O) groups excluding carboxylic acids is 1. The Morgan fingerprint density at radius 2 is 2.30 bits per heavy atom. The Morgan fingerprint density at radius 1 is 1.48 bits per heavy atom. The van der Waals surface area contributed by atoms with E-state index in [4.69, 9.17) is 4.74 Å². The molecule has 2 aromatic rings. The largest absolute Gasteiger partial charge is 0.393 e. The standard InChI is InChI=1S/C15H12N4O4/c1-7-12(22)9(5-20)23-15(7)19-4-8-2-3-10(21)18-13-11(8)14(19)17-6-16-13/h2-4,6,9,15,20H,1,5H2,(H,16,17,18,21)/p+1/t9-,15?/m1/s1. The third kappa shape index (κ3) is 1.92. The van der Waals surface area contributed by atoms with Crippen LogP contribution in [0.3, 0.4) is 0 Å². The number of rotatable bonds is 2. The minimum absolute atomic E-state index is 0.0777. The molecule has 23 heavy (non-hydrogen) atoms. The lowest BCUT2D eigenvalue weighted by Gasteiger charge is -2.15. The van der Waals surface area contributed by atoms with Gasteiger partial charge in [0.25, 0.3) is 5.56 Å². The van der Waals surface area contributed by atoms with Gasteiger partial charge in [-0.2, -0.15) is 4.98 Å². The summed E-state index contributed by atoms with van der Waals surface area (Å²) in [5.41, 5.74) is 0.00193. The van der Waals surface area contributed by atoms with Gasteiger partial charge in [0.1, 0.15) is 11.6 Å². The number of aliphatic hydroxyl groups excluding tert-OH is 1. The summed E-state index contributed by atoms with van der Waals surface area (Å²) in [4.78, 5) is 29.9. The van der Waals surface area contributed by atoms with E-state index in [-0.39, 0.29) is 17.9 Å². The zero-order valence-corrected chi connectivity index (χ0v) is 11.9. The Bertz CT molecular complexity index is 946. The second kappa shape index (κ2) is 4.83. The van der Waals surface area contributed by atoms with Crippen LogP contribution in [0.5, 0.6) is 0 Å². The summed E-state index contributed by atoms with van der Waals surface area (Å²) in [5.74, 6) is 0.870. The predicted octanol–water partition coefficient (Wildman–Crippen LogP) is 0.473. The summed E-state index contributed by atoms with van der Waals surface area (Å²) in [6.07, 6.45) is 1.69. The molecular weight excluding hydrogens is 300 g/mol. The molecule has 8 heteroatoms. The predicted molar refractivity (Wildman–Crippen MR) is 84.9 cm³/mol. The van der Waals surface area contributed by atoms with E-state index < -0.39 is 12.3 Å². The number of aromatic nitrogens is 2. The summed E-state index contributed by atoms with van der Waals surface area (Å²) >= 11 is 0. The molecule has 1 unspecified atom stereocenters.